The molecule has 2 aromatic carbocycles. The molecule has 0 aromatic heterocycles. The molecule has 2 rings (SSSR count). The predicted octanol–water partition coefficient (Wildman–Crippen LogP) is 6.45. The molecule has 0 aliphatic carbocycles. The summed E-state index contributed by atoms with van der Waals surface area (Å²) in [6, 6.07) is 13.8. The molecule has 0 bridgehead atoms. The van der Waals surface area contributed by atoms with Crippen LogP contribution in [0, 0.1) is 17.3 Å². The lowest BCUT2D eigenvalue weighted by atomic mass is 10.0. The molecular formula is C22H27FSi. The standard InChI is InChI=1S/C22H27FSi/c1-5-6-7-8-18-9-11-19(12-10-18)21-14-13-20(22(23)17-21)15-16-24(2,3)4/h9-14,17H,5-8H2,1-4H3. The Hall–Kier alpha value is -1.85. The van der Waals surface area contributed by atoms with Gasteiger partial charge in [0.15, 0.2) is 0 Å². The lowest BCUT2D eigenvalue weighted by molar-refractivity contribution is 0.625. The molecular weight excluding hydrogens is 311 g/mol. The molecule has 0 N–H and O–H groups in total. The average molecular weight is 339 g/mol. The summed E-state index contributed by atoms with van der Waals surface area (Å²) in [6.07, 6.45) is 4.86. The van der Waals surface area contributed by atoms with Crippen LogP contribution < -0.4 is 0 Å². The van der Waals surface area contributed by atoms with E-state index < -0.39 is 8.07 Å². The first-order valence-corrected chi connectivity index (χ1v) is 12.3. The van der Waals surface area contributed by atoms with E-state index in [1.807, 2.05) is 6.07 Å². The summed E-state index contributed by atoms with van der Waals surface area (Å²) >= 11 is 0. The van der Waals surface area contributed by atoms with E-state index in [1.54, 1.807) is 12.1 Å². The van der Waals surface area contributed by atoms with Crippen molar-refractivity contribution in [2.75, 3.05) is 0 Å². The predicted molar refractivity (Wildman–Crippen MR) is 105 cm³/mol. The average Bonchev–Trinajstić information content (AvgIpc) is 2.54. The zero-order valence-corrected chi connectivity index (χ0v) is 16.2. The van der Waals surface area contributed by atoms with Crippen LogP contribution in [0.3, 0.4) is 0 Å². The summed E-state index contributed by atoms with van der Waals surface area (Å²) in [5, 5.41) is 0. The second-order valence-corrected chi connectivity index (χ2v) is 12.1. The summed E-state index contributed by atoms with van der Waals surface area (Å²) in [5.74, 6) is 2.77. The zero-order valence-electron chi connectivity index (χ0n) is 15.2. The molecule has 0 heterocycles. The van der Waals surface area contributed by atoms with E-state index in [0.717, 1.165) is 17.5 Å². The van der Waals surface area contributed by atoms with E-state index in [-0.39, 0.29) is 5.82 Å². The fourth-order valence-electron chi connectivity index (χ4n) is 2.49. The summed E-state index contributed by atoms with van der Waals surface area (Å²) < 4.78 is 14.3. The Labute approximate surface area is 147 Å². The summed E-state index contributed by atoms with van der Waals surface area (Å²) in [4.78, 5) is 0. The van der Waals surface area contributed by atoms with Crippen LogP contribution in [0.5, 0.6) is 0 Å². The number of halogens is 1. The molecule has 2 heteroatoms. The van der Waals surface area contributed by atoms with Crippen molar-refractivity contribution < 1.29 is 4.39 Å². The highest BCUT2D eigenvalue weighted by Crippen LogP contribution is 2.23. The Morgan fingerprint density at radius 1 is 0.917 bits per heavy atom. The minimum atomic E-state index is -1.49. The molecule has 0 spiro atoms. The summed E-state index contributed by atoms with van der Waals surface area (Å²) in [5.41, 5.74) is 7.03. The molecule has 0 radical (unpaired) electrons. The van der Waals surface area contributed by atoms with Gasteiger partial charge in [-0.1, -0.05) is 75.7 Å². The molecule has 0 fully saturated rings. The third-order valence-corrected chi connectivity index (χ3v) is 4.77. The Morgan fingerprint density at radius 3 is 2.17 bits per heavy atom. The van der Waals surface area contributed by atoms with E-state index >= 15 is 0 Å². The van der Waals surface area contributed by atoms with Gasteiger partial charge in [-0.15, -0.1) is 5.54 Å². The van der Waals surface area contributed by atoms with Crippen molar-refractivity contribution >= 4 is 8.07 Å². The van der Waals surface area contributed by atoms with Crippen LogP contribution in [0.2, 0.25) is 19.6 Å². The molecule has 2 aromatic rings. The first-order chi connectivity index (χ1) is 11.4. The Morgan fingerprint density at radius 2 is 1.58 bits per heavy atom. The highest BCUT2D eigenvalue weighted by atomic mass is 28.3. The van der Waals surface area contributed by atoms with Crippen molar-refractivity contribution in [3.8, 4) is 22.6 Å². The van der Waals surface area contributed by atoms with Crippen molar-refractivity contribution in [1.29, 1.82) is 0 Å². The molecule has 0 unspecified atom stereocenters. The van der Waals surface area contributed by atoms with Crippen LogP contribution in [-0.4, -0.2) is 8.07 Å². The van der Waals surface area contributed by atoms with E-state index in [9.17, 15) is 4.39 Å². The van der Waals surface area contributed by atoms with Gasteiger partial charge in [0.25, 0.3) is 0 Å². The van der Waals surface area contributed by atoms with Crippen LogP contribution in [0.25, 0.3) is 11.1 Å². The van der Waals surface area contributed by atoms with E-state index in [0.29, 0.717) is 5.56 Å². The summed E-state index contributed by atoms with van der Waals surface area (Å²) in [7, 11) is -1.49. The normalized spacial score (nSPS) is 11.0. The smallest absolute Gasteiger partial charge is 0.139 e. The highest BCUT2D eigenvalue weighted by Gasteiger charge is 2.09. The molecule has 0 aliphatic rings. The summed E-state index contributed by atoms with van der Waals surface area (Å²) in [6.45, 7) is 8.70. The fourth-order valence-corrected chi connectivity index (χ4v) is 3.00. The largest absolute Gasteiger partial charge is 0.206 e. The van der Waals surface area contributed by atoms with Crippen molar-refractivity contribution in [2.24, 2.45) is 0 Å². The van der Waals surface area contributed by atoms with Gasteiger partial charge in [0, 0.05) is 0 Å². The molecule has 126 valence electrons. The van der Waals surface area contributed by atoms with Crippen molar-refractivity contribution in [3.63, 3.8) is 0 Å². The Balaban J connectivity index is 2.15. The van der Waals surface area contributed by atoms with Crippen LogP contribution in [0.1, 0.15) is 37.3 Å². The monoisotopic (exact) mass is 338 g/mol. The van der Waals surface area contributed by atoms with Crippen LogP contribution in [0.4, 0.5) is 4.39 Å². The van der Waals surface area contributed by atoms with Crippen molar-refractivity contribution in [3.05, 3.63) is 59.4 Å². The third-order valence-electron chi connectivity index (χ3n) is 3.90. The van der Waals surface area contributed by atoms with Gasteiger partial charge in [0.2, 0.25) is 0 Å². The number of hydrogen-bond donors (Lipinski definition) is 0. The molecule has 0 saturated carbocycles. The van der Waals surface area contributed by atoms with Crippen molar-refractivity contribution in [1.82, 2.24) is 0 Å². The van der Waals surface area contributed by atoms with Crippen molar-refractivity contribution in [2.45, 2.75) is 52.2 Å². The van der Waals surface area contributed by atoms with Gasteiger partial charge in [-0.25, -0.2) is 4.39 Å². The van der Waals surface area contributed by atoms with E-state index in [4.69, 9.17) is 0 Å². The number of unbranched alkanes of at least 4 members (excludes halogenated alkanes) is 2. The van der Waals surface area contributed by atoms with Gasteiger partial charge in [-0.2, -0.15) is 0 Å². The topological polar surface area (TPSA) is 0 Å². The highest BCUT2D eigenvalue weighted by molar-refractivity contribution is 6.83. The molecule has 0 aliphatic heterocycles. The maximum atomic E-state index is 14.3. The van der Waals surface area contributed by atoms with Gasteiger partial charge < -0.3 is 0 Å². The van der Waals surface area contributed by atoms with Gasteiger partial charge in [-0.05, 0) is 41.7 Å². The third kappa shape index (κ3) is 5.65. The first-order valence-electron chi connectivity index (χ1n) is 8.81. The quantitative estimate of drug-likeness (QED) is 0.334. The van der Waals surface area contributed by atoms with Crippen LogP contribution in [-0.2, 0) is 6.42 Å². The van der Waals surface area contributed by atoms with Gasteiger partial charge in [-0.3, -0.25) is 0 Å². The maximum absolute atomic E-state index is 14.3. The molecule has 0 atom stereocenters. The SMILES string of the molecule is CCCCCc1ccc(-c2ccc(C#C[Si](C)(C)C)c(F)c2)cc1. The minimum Gasteiger partial charge on any atom is -0.206 e. The Bertz CT molecular complexity index is 727. The molecule has 0 nitrogen and oxygen atoms in total. The molecule has 0 saturated heterocycles. The lowest BCUT2D eigenvalue weighted by Gasteiger charge is -2.06. The second-order valence-electron chi connectivity index (χ2n) is 7.35. The van der Waals surface area contributed by atoms with Gasteiger partial charge in [0.1, 0.15) is 13.9 Å². The second kappa shape index (κ2) is 8.31. The number of rotatable bonds is 5. The van der Waals surface area contributed by atoms with Gasteiger partial charge >= 0.3 is 0 Å². The van der Waals surface area contributed by atoms with Gasteiger partial charge in [0.05, 0.1) is 5.56 Å². The number of aryl methyl sites for hydroxylation is 1. The maximum Gasteiger partial charge on any atom is 0.139 e. The number of hydrogen-bond acceptors (Lipinski definition) is 0. The molecule has 24 heavy (non-hydrogen) atoms. The first kappa shape index (κ1) is 18.5. The zero-order chi connectivity index (χ0) is 17.6. The van der Waals surface area contributed by atoms with Crippen LogP contribution in [0.15, 0.2) is 42.5 Å². The Kier molecular flexibility index (Phi) is 6.40. The lowest BCUT2D eigenvalue weighted by Crippen LogP contribution is -2.16. The molecule has 0 amide bonds. The minimum absolute atomic E-state index is 0.231. The van der Waals surface area contributed by atoms with E-state index in [1.165, 1.54) is 24.8 Å². The fraction of sp³-hybridized carbons (Fsp3) is 0.364. The number of benzene rings is 2. The van der Waals surface area contributed by atoms with Crippen LogP contribution >= 0.6 is 0 Å². The van der Waals surface area contributed by atoms with E-state index in [2.05, 4.69) is 62.3 Å².